The molecule has 3 aromatic heterocycles. The van der Waals surface area contributed by atoms with Crippen LogP contribution in [-0.2, 0) is 0 Å². The van der Waals surface area contributed by atoms with E-state index in [4.69, 9.17) is 0 Å². The predicted molar refractivity (Wildman–Crippen MR) is 109 cm³/mol. The number of anilines is 1. The monoisotopic (exact) mass is 427 g/mol. The quantitative estimate of drug-likeness (QED) is 0.485. The second-order valence-electron chi connectivity index (χ2n) is 6.78. The number of hydrogen-bond acceptors (Lipinski definition) is 4. The Labute approximate surface area is 173 Å². The maximum atomic E-state index is 14.4. The summed E-state index contributed by atoms with van der Waals surface area (Å²) < 4.78 is 29.9. The van der Waals surface area contributed by atoms with Gasteiger partial charge in [-0.25, -0.2) is 18.1 Å². The first kappa shape index (κ1) is 19.7. The van der Waals surface area contributed by atoms with Crippen LogP contribution in [0.25, 0.3) is 16.6 Å². The van der Waals surface area contributed by atoms with Gasteiger partial charge in [0.25, 0.3) is 5.91 Å². The van der Waals surface area contributed by atoms with Crippen LogP contribution in [0.5, 0.6) is 0 Å². The van der Waals surface area contributed by atoms with Crippen molar-refractivity contribution >= 4 is 33.7 Å². The molecule has 0 aliphatic carbocycles. The van der Waals surface area contributed by atoms with Gasteiger partial charge in [0.05, 0.1) is 5.52 Å². The Morgan fingerprint density at radius 1 is 1.10 bits per heavy atom. The Morgan fingerprint density at radius 3 is 2.60 bits per heavy atom. The fourth-order valence-corrected chi connectivity index (χ4v) is 4.03. The molecule has 0 saturated carbocycles. The first-order valence-electron chi connectivity index (χ1n) is 8.83. The third kappa shape index (κ3) is 3.33. The molecule has 1 aromatic carbocycles. The van der Waals surface area contributed by atoms with Crippen LogP contribution < -0.4 is 5.32 Å². The summed E-state index contributed by atoms with van der Waals surface area (Å²) in [6.45, 7) is 3.30. The SMILES string of the molecule is Cc1ccc2cc(C(=O)Nc3scc(-c4ccc(C)c(F)c4F)c3C(=O)O)nn2c1. The fraction of sp³-hybridized carbons (Fsp3) is 0.0952. The van der Waals surface area contributed by atoms with Crippen molar-refractivity contribution in [2.45, 2.75) is 13.8 Å². The zero-order valence-electron chi connectivity index (χ0n) is 15.9. The number of halogens is 2. The van der Waals surface area contributed by atoms with E-state index in [1.54, 1.807) is 22.8 Å². The molecule has 0 radical (unpaired) electrons. The highest BCUT2D eigenvalue weighted by Gasteiger charge is 2.25. The topological polar surface area (TPSA) is 83.7 Å². The summed E-state index contributed by atoms with van der Waals surface area (Å²) in [6, 6.07) is 7.94. The molecule has 0 aliphatic rings. The smallest absolute Gasteiger partial charge is 0.339 e. The molecule has 0 saturated heterocycles. The molecule has 2 N–H and O–H groups in total. The van der Waals surface area contributed by atoms with Gasteiger partial charge in [0.2, 0.25) is 0 Å². The number of aryl methyl sites for hydroxylation is 2. The highest BCUT2D eigenvalue weighted by Crippen LogP contribution is 2.38. The van der Waals surface area contributed by atoms with E-state index in [9.17, 15) is 23.5 Å². The molecule has 3 heterocycles. The molecule has 0 atom stereocenters. The summed E-state index contributed by atoms with van der Waals surface area (Å²) in [4.78, 5) is 24.5. The van der Waals surface area contributed by atoms with Crippen LogP contribution in [0, 0.1) is 25.5 Å². The lowest BCUT2D eigenvalue weighted by Gasteiger charge is -2.07. The maximum Gasteiger partial charge on any atom is 0.339 e. The van der Waals surface area contributed by atoms with Gasteiger partial charge in [-0.1, -0.05) is 18.2 Å². The first-order chi connectivity index (χ1) is 14.3. The molecule has 0 aliphatic heterocycles. The summed E-state index contributed by atoms with van der Waals surface area (Å²) >= 11 is 0.914. The van der Waals surface area contributed by atoms with Crippen LogP contribution in [0.2, 0.25) is 0 Å². The molecular formula is C21H15F2N3O3S. The van der Waals surface area contributed by atoms with Crippen molar-refractivity contribution in [3.05, 3.63) is 75.9 Å². The predicted octanol–water partition coefficient (Wildman–Crippen LogP) is 4.91. The Kier molecular flexibility index (Phi) is 4.83. The minimum Gasteiger partial charge on any atom is -0.478 e. The summed E-state index contributed by atoms with van der Waals surface area (Å²) in [5, 5.41) is 17.8. The molecule has 30 heavy (non-hydrogen) atoms. The number of carboxylic acids is 1. The average molecular weight is 427 g/mol. The molecule has 6 nitrogen and oxygen atoms in total. The molecule has 0 fully saturated rings. The van der Waals surface area contributed by atoms with E-state index >= 15 is 0 Å². The van der Waals surface area contributed by atoms with Crippen molar-refractivity contribution in [3.8, 4) is 11.1 Å². The Balaban J connectivity index is 1.72. The fourth-order valence-electron chi connectivity index (χ4n) is 3.08. The van der Waals surface area contributed by atoms with E-state index in [2.05, 4.69) is 10.4 Å². The highest BCUT2D eigenvalue weighted by molar-refractivity contribution is 7.15. The second-order valence-corrected chi connectivity index (χ2v) is 7.66. The minimum absolute atomic E-state index is 0.00942. The molecular weight excluding hydrogens is 412 g/mol. The Hall–Kier alpha value is -3.59. The van der Waals surface area contributed by atoms with Crippen molar-refractivity contribution in [2.75, 3.05) is 5.32 Å². The van der Waals surface area contributed by atoms with E-state index in [1.807, 2.05) is 13.0 Å². The maximum absolute atomic E-state index is 14.4. The zero-order valence-corrected chi connectivity index (χ0v) is 16.7. The van der Waals surface area contributed by atoms with Crippen LogP contribution in [-0.4, -0.2) is 26.6 Å². The number of carbonyl (C=O) groups excluding carboxylic acids is 1. The third-order valence-electron chi connectivity index (χ3n) is 4.64. The standard InChI is InChI=1S/C21H15F2N3O3S/c1-10-3-5-12-7-15(25-26(12)8-10)19(27)24-20-16(21(28)29)14(9-30-20)13-6-4-11(2)17(22)18(13)23/h3-9H,1-2H3,(H,24,27)(H,28,29). The normalized spacial score (nSPS) is 11.1. The lowest BCUT2D eigenvalue weighted by Crippen LogP contribution is -2.14. The Morgan fingerprint density at radius 2 is 1.87 bits per heavy atom. The van der Waals surface area contributed by atoms with E-state index in [1.165, 1.54) is 24.4 Å². The summed E-state index contributed by atoms with van der Waals surface area (Å²) in [5.41, 5.74) is 1.36. The number of benzene rings is 1. The average Bonchev–Trinajstić information content (AvgIpc) is 3.30. The number of fused-ring (bicyclic) bond motifs is 1. The molecule has 0 unspecified atom stereocenters. The first-order valence-corrected chi connectivity index (χ1v) is 9.71. The number of thiophene rings is 1. The van der Waals surface area contributed by atoms with Crippen LogP contribution in [0.15, 0.2) is 41.9 Å². The molecule has 4 aromatic rings. The van der Waals surface area contributed by atoms with Gasteiger partial charge in [0, 0.05) is 22.7 Å². The van der Waals surface area contributed by atoms with Crippen molar-refractivity contribution in [3.63, 3.8) is 0 Å². The number of hydrogen-bond donors (Lipinski definition) is 2. The zero-order chi connectivity index (χ0) is 21.6. The van der Waals surface area contributed by atoms with E-state index in [0.29, 0.717) is 5.52 Å². The summed E-state index contributed by atoms with van der Waals surface area (Å²) in [5.74, 6) is -4.15. The highest BCUT2D eigenvalue weighted by atomic mass is 32.1. The van der Waals surface area contributed by atoms with Gasteiger partial charge in [-0.15, -0.1) is 11.3 Å². The largest absolute Gasteiger partial charge is 0.478 e. The van der Waals surface area contributed by atoms with Crippen LogP contribution in [0.4, 0.5) is 13.8 Å². The Bertz CT molecular complexity index is 1330. The van der Waals surface area contributed by atoms with Crippen LogP contribution in [0.3, 0.4) is 0 Å². The van der Waals surface area contributed by atoms with Crippen molar-refractivity contribution in [1.29, 1.82) is 0 Å². The second kappa shape index (κ2) is 7.34. The molecule has 1 amide bonds. The number of rotatable bonds is 4. The van der Waals surface area contributed by atoms with E-state index in [-0.39, 0.29) is 32.9 Å². The summed E-state index contributed by atoms with van der Waals surface area (Å²) in [7, 11) is 0. The van der Waals surface area contributed by atoms with Crippen molar-refractivity contribution in [1.82, 2.24) is 9.61 Å². The molecule has 4 rings (SSSR count). The van der Waals surface area contributed by atoms with Crippen molar-refractivity contribution < 1.29 is 23.5 Å². The lowest BCUT2D eigenvalue weighted by molar-refractivity contribution is 0.0699. The number of nitrogens with one attached hydrogen (secondary N) is 1. The number of aromatic nitrogens is 2. The number of nitrogens with zero attached hydrogens (tertiary/aromatic N) is 2. The van der Waals surface area contributed by atoms with Gasteiger partial charge < -0.3 is 10.4 Å². The molecule has 152 valence electrons. The molecule has 9 heteroatoms. The van der Waals surface area contributed by atoms with Gasteiger partial charge in [-0.2, -0.15) is 5.10 Å². The van der Waals surface area contributed by atoms with Gasteiger partial charge in [-0.05, 0) is 37.1 Å². The van der Waals surface area contributed by atoms with Gasteiger partial charge in [-0.3, -0.25) is 4.79 Å². The van der Waals surface area contributed by atoms with Crippen LogP contribution in [0.1, 0.15) is 32.0 Å². The van der Waals surface area contributed by atoms with Crippen LogP contribution >= 0.6 is 11.3 Å². The summed E-state index contributed by atoms with van der Waals surface area (Å²) in [6.07, 6.45) is 1.76. The minimum atomic E-state index is -1.37. The van der Waals surface area contributed by atoms with Gasteiger partial charge >= 0.3 is 5.97 Å². The van der Waals surface area contributed by atoms with Gasteiger partial charge in [0.1, 0.15) is 10.6 Å². The number of amides is 1. The lowest BCUT2D eigenvalue weighted by atomic mass is 10.0. The molecule has 0 bridgehead atoms. The number of carboxylic acid groups (broad SMARTS) is 1. The molecule has 0 spiro atoms. The number of carbonyl (C=O) groups is 2. The van der Waals surface area contributed by atoms with Crippen molar-refractivity contribution in [2.24, 2.45) is 0 Å². The number of aromatic carboxylic acids is 1. The third-order valence-corrected chi connectivity index (χ3v) is 5.53. The van der Waals surface area contributed by atoms with Gasteiger partial charge in [0.15, 0.2) is 17.3 Å². The number of pyridine rings is 1. The van der Waals surface area contributed by atoms with E-state index in [0.717, 1.165) is 16.9 Å². The van der Waals surface area contributed by atoms with E-state index < -0.39 is 23.5 Å².